The van der Waals surface area contributed by atoms with E-state index >= 15 is 0 Å². The molecular weight excluding hydrogens is 324 g/mol. The molecule has 0 saturated carbocycles. The second-order valence-corrected chi connectivity index (χ2v) is 4.03. The molecule has 1 rings (SSSR count). The normalized spacial score (nSPS) is 11.5. The number of ketones is 1. The molecule has 15 heavy (non-hydrogen) atoms. The highest BCUT2D eigenvalue weighted by Gasteiger charge is 2.38. The zero-order valence-electron chi connectivity index (χ0n) is 7.52. The predicted octanol–water partition coefficient (Wildman–Crippen LogP) is 3.22. The molecule has 0 aromatic heterocycles. The molecule has 1 aromatic rings. The molecule has 0 fully saturated rings. The van der Waals surface area contributed by atoms with E-state index in [1.165, 1.54) is 6.07 Å². The van der Waals surface area contributed by atoms with Crippen molar-refractivity contribution in [1.82, 2.24) is 0 Å². The standard InChI is InChI=1S/C9H6F3IO2/c1-4(14)5-2-3-6(13)8(15)7(5)9(10,11)12/h2-3,15H,1H3. The lowest BCUT2D eigenvalue weighted by molar-refractivity contribution is -0.139. The van der Waals surface area contributed by atoms with Crippen LogP contribution < -0.4 is 0 Å². The van der Waals surface area contributed by atoms with E-state index in [4.69, 9.17) is 0 Å². The molecule has 0 spiro atoms. The molecule has 2 nitrogen and oxygen atoms in total. The third-order valence-corrected chi connectivity index (χ3v) is 2.66. The van der Waals surface area contributed by atoms with Gasteiger partial charge in [-0.25, -0.2) is 0 Å². The van der Waals surface area contributed by atoms with Gasteiger partial charge in [-0.15, -0.1) is 0 Å². The van der Waals surface area contributed by atoms with Gasteiger partial charge in [-0.3, -0.25) is 4.79 Å². The molecule has 0 aliphatic rings. The molecule has 0 amide bonds. The summed E-state index contributed by atoms with van der Waals surface area (Å²) in [6, 6.07) is 2.33. The van der Waals surface area contributed by atoms with Crippen molar-refractivity contribution >= 4 is 28.4 Å². The largest absolute Gasteiger partial charge is 0.506 e. The number of halogens is 4. The van der Waals surface area contributed by atoms with Crippen LogP contribution in [0.25, 0.3) is 0 Å². The average molecular weight is 330 g/mol. The van der Waals surface area contributed by atoms with Crippen LogP contribution in [0.4, 0.5) is 13.2 Å². The van der Waals surface area contributed by atoms with Crippen molar-refractivity contribution in [2.24, 2.45) is 0 Å². The van der Waals surface area contributed by atoms with Crippen molar-refractivity contribution in [3.05, 3.63) is 26.8 Å². The summed E-state index contributed by atoms with van der Waals surface area (Å²) in [5.41, 5.74) is -1.78. The minimum absolute atomic E-state index is 0.0601. The van der Waals surface area contributed by atoms with Gasteiger partial charge in [-0.05, 0) is 41.6 Å². The van der Waals surface area contributed by atoms with E-state index in [0.717, 1.165) is 13.0 Å². The molecule has 0 atom stereocenters. The lowest BCUT2D eigenvalue weighted by atomic mass is 10.0. The molecule has 1 N–H and O–H groups in total. The summed E-state index contributed by atoms with van der Waals surface area (Å²) in [6.07, 6.45) is -4.73. The number of phenols is 1. The first-order chi connectivity index (χ1) is 6.75. The maximum atomic E-state index is 12.5. The van der Waals surface area contributed by atoms with Crippen LogP contribution in [0, 0.1) is 3.57 Å². The average Bonchev–Trinajstić information content (AvgIpc) is 2.06. The molecule has 0 heterocycles. The van der Waals surface area contributed by atoms with Crippen LogP contribution >= 0.6 is 22.6 Å². The van der Waals surface area contributed by atoms with Crippen LogP contribution in [0.1, 0.15) is 22.8 Å². The summed E-state index contributed by atoms with van der Waals surface area (Å²) in [5.74, 6) is -1.62. The lowest BCUT2D eigenvalue weighted by Crippen LogP contribution is -2.12. The Hall–Kier alpha value is -0.790. The molecule has 0 unspecified atom stereocenters. The van der Waals surface area contributed by atoms with Crippen molar-refractivity contribution in [3.8, 4) is 5.75 Å². The van der Waals surface area contributed by atoms with E-state index in [-0.39, 0.29) is 3.57 Å². The summed E-state index contributed by atoms with van der Waals surface area (Å²) < 4.78 is 37.7. The fourth-order valence-corrected chi connectivity index (χ4v) is 1.60. The molecule has 1 aromatic carbocycles. The van der Waals surface area contributed by atoms with Crippen LogP contribution in [-0.2, 0) is 6.18 Å². The maximum absolute atomic E-state index is 12.5. The zero-order chi connectivity index (χ0) is 11.8. The van der Waals surface area contributed by atoms with Gasteiger partial charge in [0, 0.05) is 5.56 Å². The molecule has 0 aliphatic heterocycles. The Kier molecular flexibility index (Phi) is 3.27. The predicted molar refractivity (Wildman–Crippen MR) is 55.8 cm³/mol. The molecule has 6 heteroatoms. The Balaban J connectivity index is 3.57. The van der Waals surface area contributed by atoms with Gasteiger partial charge in [0.2, 0.25) is 0 Å². The van der Waals surface area contributed by atoms with Crippen molar-refractivity contribution in [1.29, 1.82) is 0 Å². The third kappa shape index (κ3) is 2.42. The summed E-state index contributed by atoms with van der Waals surface area (Å²) in [7, 11) is 0. The van der Waals surface area contributed by atoms with Crippen molar-refractivity contribution in [2.75, 3.05) is 0 Å². The molecule has 82 valence electrons. The Bertz CT molecular complexity index is 413. The van der Waals surface area contributed by atoms with Gasteiger partial charge in [0.05, 0.1) is 3.57 Å². The fraction of sp³-hybridized carbons (Fsp3) is 0.222. The second kappa shape index (κ2) is 3.99. The smallest absolute Gasteiger partial charge is 0.420 e. The van der Waals surface area contributed by atoms with Gasteiger partial charge >= 0.3 is 6.18 Å². The third-order valence-electron chi connectivity index (χ3n) is 1.79. The van der Waals surface area contributed by atoms with E-state index in [0.29, 0.717) is 0 Å². The Morgan fingerprint density at radius 1 is 1.40 bits per heavy atom. The fourth-order valence-electron chi connectivity index (χ4n) is 1.15. The summed E-state index contributed by atoms with van der Waals surface area (Å²) in [5, 5.41) is 9.28. The van der Waals surface area contributed by atoms with Gasteiger partial charge in [-0.2, -0.15) is 13.2 Å². The number of hydrogen-bond acceptors (Lipinski definition) is 2. The number of aromatic hydroxyl groups is 1. The number of Topliss-reactive ketones (excluding diaryl/α,β-unsaturated/α-hetero) is 1. The SMILES string of the molecule is CC(=O)c1ccc(I)c(O)c1C(F)(F)F. The number of alkyl halides is 3. The van der Waals surface area contributed by atoms with Gasteiger partial charge in [0.25, 0.3) is 0 Å². The van der Waals surface area contributed by atoms with Crippen molar-refractivity contribution in [2.45, 2.75) is 13.1 Å². The van der Waals surface area contributed by atoms with Crippen LogP contribution in [0.15, 0.2) is 12.1 Å². The molecule has 0 radical (unpaired) electrons. The van der Waals surface area contributed by atoms with E-state index < -0.39 is 28.8 Å². The number of rotatable bonds is 1. The highest BCUT2D eigenvalue weighted by atomic mass is 127. The molecule has 0 bridgehead atoms. The van der Waals surface area contributed by atoms with E-state index in [1.807, 2.05) is 0 Å². The van der Waals surface area contributed by atoms with Crippen LogP contribution in [-0.4, -0.2) is 10.9 Å². The number of hydrogen-bond donors (Lipinski definition) is 1. The summed E-state index contributed by atoms with van der Waals surface area (Å²) >= 11 is 1.57. The number of carbonyl (C=O) groups is 1. The Morgan fingerprint density at radius 2 is 1.93 bits per heavy atom. The van der Waals surface area contributed by atoms with Crippen LogP contribution in [0.2, 0.25) is 0 Å². The van der Waals surface area contributed by atoms with Crippen LogP contribution in [0.5, 0.6) is 5.75 Å². The summed E-state index contributed by atoms with van der Waals surface area (Å²) in [4.78, 5) is 11.0. The van der Waals surface area contributed by atoms with Crippen LogP contribution in [0.3, 0.4) is 0 Å². The monoisotopic (exact) mass is 330 g/mol. The van der Waals surface area contributed by atoms with Crippen molar-refractivity contribution in [3.63, 3.8) is 0 Å². The van der Waals surface area contributed by atoms with Crippen molar-refractivity contribution < 1.29 is 23.1 Å². The maximum Gasteiger partial charge on any atom is 0.420 e. The van der Waals surface area contributed by atoms with E-state index in [1.54, 1.807) is 22.6 Å². The van der Waals surface area contributed by atoms with Gasteiger partial charge in [-0.1, -0.05) is 0 Å². The van der Waals surface area contributed by atoms with E-state index in [9.17, 15) is 23.1 Å². The Labute approximate surface area is 97.2 Å². The topological polar surface area (TPSA) is 37.3 Å². The quantitative estimate of drug-likeness (QED) is 0.634. The molecule has 0 aliphatic carbocycles. The minimum atomic E-state index is -4.73. The summed E-state index contributed by atoms with van der Waals surface area (Å²) in [6.45, 7) is 1.02. The highest BCUT2D eigenvalue weighted by Crippen LogP contribution is 2.40. The number of benzene rings is 1. The first kappa shape index (κ1) is 12.3. The number of phenolic OH excluding ortho intramolecular Hbond substituents is 1. The number of carbonyl (C=O) groups excluding carboxylic acids is 1. The zero-order valence-corrected chi connectivity index (χ0v) is 9.68. The minimum Gasteiger partial charge on any atom is -0.506 e. The molecular formula is C9H6F3IO2. The molecule has 0 saturated heterocycles. The first-order valence-electron chi connectivity index (χ1n) is 3.84. The highest BCUT2D eigenvalue weighted by molar-refractivity contribution is 14.1. The lowest BCUT2D eigenvalue weighted by Gasteiger charge is -2.13. The first-order valence-corrected chi connectivity index (χ1v) is 4.92. The van der Waals surface area contributed by atoms with Gasteiger partial charge in [0.1, 0.15) is 11.3 Å². The van der Waals surface area contributed by atoms with Gasteiger partial charge in [0.15, 0.2) is 5.78 Å². The van der Waals surface area contributed by atoms with Gasteiger partial charge < -0.3 is 5.11 Å². The Morgan fingerprint density at radius 3 is 2.33 bits per heavy atom. The second-order valence-electron chi connectivity index (χ2n) is 2.87. The van der Waals surface area contributed by atoms with E-state index in [2.05, 4.69) is 0 Å².